The largest absolute Gasteiger partial charge is 0.353 e. The smallest absolute Gasteiger partial charge is 0.312 e. The second-order valence-electron chi connectivity index (χ2n) is 4.61. The number of likely N-dealkylation sites (N-methyl/N-ethyl adjacent to an activating group) is 2. The van der Waals surface area contributed by atoms with Gasteiger partial charge in [-0.2, -0.15) is 0 Å². The molecule has 1 heterocycles. The van der Waals surface area contributed by atoms with Crippen LogP contribution in [0.25, 0.3) is 0 Å². The highest BCUT2D eigenvalue weighted by Gasteiger charge is 2.32. The SMILES string of the molecule is CCN1CCN(CC(=O)NCC(C)NC)C(=O)C1=O.Cl. The first-order valence-corrected chi connectivity index (χ1v) is 6.51. The molecule has 1 fully saturated rings. The lowest BCUT2D eigenvalue weighted by Gasteiger charge is -2.32. The van der Waals surface area contributed by atoms with Gasteiger partial charge in [0.2, 0.25) is 5.91 Å². The molecule has 1 saturated heterocycles. The third-order valence-corrected chi connectivity index (χ3v) is 3.21. The van der Waals surface area contributed by atoms with E-state index in [-0.39, 0.29) is 30.9 Å². The average Bonchev–Trinajstić information content (AvgIpc) is 2.41. The maximum Gasteiger partial charge on any atom is 0.312 e. The third-order valence-electron chi connectivity index (χ3n) is 3.21. The van der Waals surface area contributed by atoms with Crippen molar-refractivity contribution < 1.29 is 14.4 Å². The lowest BCUT2D eigenvalue weighted by atomic mass is 10.3. The first-order chi connectivity index (χ1) is 8.99. The maximum atomic E-state index is 11.8. The van der Waals surface area contributed by atoms with E-state index in [9.17, 15) is 14.4 Å². The van der Waals surface area contributed by atoms with Gasteiger partial charge in [-0.25, -0.2) is 0 Å². The fourth-order valence-electron chi connectivity index (χ4n) is 1.77. The summed E-state index contributed by atoms with van der Waals surface area (Å²) in [6.45, 7) is 5.62. The van der Waals surface area contributed by atoms with Crippen LogP contribution in [-0.4, -0.2) is 73.3 Å². The second kappa shape index (κ2) is 8.76. The van der Waals surface area contributed by atoms with Crippen molar-refractivity contribution in [2.24, 2.45) is 0 Å². The molecule has 0 aromatic heterocycles. The zero-order chi connectivity index (χ0) is 14.4. The van der Waals surface area contributed by atoms with E-state index in [2.05, 4.69) is 10.6 Å². The minimum atomic E-state index is -0.593. The molecule has 0 aromatic rings. The van der Waals surface area contributed by atoms with Crippen LogP contribution in [0.1, 0.15) is 13.8 Å². The molecule has 0 aliphatic carbocycles. The number of halogens is 1. The zero-order valence-corrected chi connectivity index (χ0v) is 13.0. The van der Waals surface area contributed by atoms with Crippen LogP contribution >= 0.6 is 12.4 Å². The Morgan fingerprint density at radius 1 is 1.25 bits per heavy atom. The predicted octanol–water partition coefficient (Wildman–Crippen LogP) is -1.18. The fraction of sp³-hybridized carbons (Fsp3) is 0.750. The van der Waals surface area contributed by atoms with Gasteiger partial charge in [0.15, 0.2) is 0 Å². The molecule has 1 atom stereocenters. The van der Waals surface area contributed by atoms with E-state index in [1.54, 1.807) is 0 Å². The molecule has 0 aromatic carbocycles. The van der Waals surface area contributed by atoms with Crippen molar-refractivity contribution in [3.8, 4) is 0 Å². The highest BCUT2D eigenvalue weighted by molar-refractivity contribution is 6.35. The standard InChI is InChI=1S/C12H22N4O3.ClH/c1-4-15-5-6-16(12(19)11(15)18)8-10(17)14-7-9(2)13-3;/h9,13H,4-8H2,1-3H3,(H,14,17);1H. The number of amides is 3. The van der Waals surface area contributed by atoms with Crippen molar-refractivity contribution in [1.82, 2.24) is 20.4 Å². The van der Waals surface area contributed by atoms with Crippen LogP contribution < -0.4 is 10.6 Å². The molecule has 8 heteroatoms. The second-order valence-corrected chi connectivity index (χ2v) is 4.61. The molecule has 0 radical (unpaired) electrons. The van der Waals surface area contributed by atoms with E-state index in [4.69, 9.17) is 0 Å². The van der Waals surface area contributed by atoms with Crippen molar-refractivity contribution in [1.29, 1.82) is 0 Å². The van der Waals surface area contributed by atoms with Crippen LogP contribution in [0.4, 0.5) is 0 Å². The van der Waals surface area contributed by atoms with Crippen LogP contribution in [0.3, 0.4) is 0 Å². The number of piperazine rings is 1. The Morgan fingerprint density at radius 2 is 1.80 bits per heavy atom. The van der Waals surface area contributed by atoms with Crippen molar-refractivity contribution in [2.45, 2.75) is 19.9 Å². The molecule has 116 valence electrons. The quantitative estimate of drug-likeness (QED) is 0.606. The molecule has 1 unspecified atom stereocenters. The highest BCUT2D eigenvalue weighted by atomic mass is 35.5. The summed E-state index contributed by atoms with van der Waals surface area (Å²) in [5.74, 6) is -1.36. The summed E-state index contributed by atoms with van der Waals surface area (Å²) >= 11 is 0. The van der Waals surface area contributed by atoms with Gasteiger partial charge >= 0.3 is 11.8 Å². The monoisotopic (exact) mass is 306 g/mol. The molecule has 1 aliphatic rings. The molecule has 1 aliphatic heterocycles. The molecule has 0 spiro atoms. The summed E-state index contributed by atoms with van der Waals surface area (Å²) in [7, 11) is 1.81. The van der Waals surface area contributed by atoms with Gasteiger partial charge < -0.3 is 20.4 Å². The van der Waals surface area contributed by atoms with Crippen LogP contribution in [-0.2, 0) is 14.4 Å². The molecule has 0 saturated carbocycles. The number of hydrogen-bond acceptors (Lipinski definition) is 4. The summed E-state index contributed by atoms with van der Waals surface area (Å²) in [6.07, 6.45) is 0. The Kier molecular flexibility index (Phi) is 8.17. The van der Waals surface area contributed by atoms with Crippen molar-refractivity contribution in [3.05, 3.63) is 0 Å². The van der Waals surface area contributed by atoms with Gasteiger partial charge in [-0.05, 0) is 20.9 Å². The van der Waals surface area contributed by atoms with Crippen molar-refractivity contribution >= 4 is 30.1 Å². The molecular weight excluding hydrogens is 284 g/mol. The van der Waals surface area contributed by atoms with E-state index < -0.39 is 11.8 Å². The number of carbonyl (C=O) groups is 3. The van der Waals surface area contributed by atoms with Crippen LogP contribution in [0.2, 0.25) is 0 Å². The Morgan fingerprint density at radius 3 is 2.35 bits per heavy atom. The first-order valence-electron chi connectivity index (χ1n) is 6.51. The summed E-state index contributed by atoms with van der Waals surface area (Å²) in [4.78, 5) is 37.9. The molecule has 7 nitrogen and oxygen atoms in total. The van der Waals surface area contributed by atoms with Gasteiger partial charge in [-0.1, -0.05) is 0 Å². The fourth-order valence-corrected chi connectivity index (χ4v) is 1.77. The summed E-state index contributed by atoms with van der Waals surface area (Å²) in [5, 5.41) is 5.72. The molecule has 2 N–H and O–H groups in total. The number of nitrogens with zero attached hydrogens (tertiary/aromatic N) is 2. The van der Waals surface area contributed by atoms with Gasteiger partial charge in [0.05, 0.1) is 0 Å². The van der Waals surface area contributed by atoms with Gasteiger partial charge in [-0.15, -0.1) is 12.4 Å². The Labute approximate surface area is 125 Å². The van der Waals surface area contributed by atoms with E-state index in [1.807, 2.05) is 20.9 Å². The molecule has 0 bridgehead atoms. The molecule has 1 rings (SSSR count). The number of carbonyl (C=O) groups excluding carboxylic acids is 3. The van der Waals surface area contributed by atoms with Crippen molar-refractivity contribution in [2.75, 3.05) is 39.8 Å². The minimum Gasteiger partial charge on any atom is -0.353 e. The molecule has 3 amide bonds. The topological polar surface area (TPSA) is 81.8 Å². The van der Waals surface area contributed by atoms with E-state index >= 15 is 0 Å². The molecular formula is C12H23ClN4O3. The Hall–Kier alpha value is -1.34. The van der Waals surface area contributed by atoms with Gasteiger partial charge in [0, 0.05) is 32.2 Å². The average molecular weight is 307 g/mol. The van der Waals surface area contributed by atoms with Gasteiger partial charge in [-0.3, -0.25) is 14.4 Å². The lowest BCUT2D eigenvalue weighted by Crippen LogP contribution is -2.56. The van der Waals surface area contributed by atoms with E-state index in [1.165, 1.54) is 9.80 Å². The maximum absolute atomic E-state index is 11.8. The number of hydrogen-bond donors (Lipinski definition) is 2. The number of nitrogens with one attached hydrogen (secondary N) is 2. The third kappa shape index (κ3) is 4.97. The summed E-state index contributed by atoms with van der Waals surface area (Å²) in [6, 6.07) is 0.165. The van der Waals surface area contributed by atoms with E-state index in [0.29, 0.717) is 26.2 Å². The summed E-state index contributed by atoms with van der Waals surface area (Å²) < 4.78 is 0. The van der Waals surface area contributed by atoms with Crippen LogP contribution in [0, 0.1) is 0 Å². The number of rotatable bonds is 6. The first kappa shape index (κ1) is 18.7. The van der Waals surface area contributed by atoms with Crippen molar-refractivity contribution in [3.63, 3.8) is 0 Å². The van der Waals surface area contributed by atoms with Crippen LogP contribution in [0.5, 0.6) is 0 Å². The zero-order valence-electron chi connectivity index (χ0n) is 12.1. The lowest BCUT2D eigenvalue weighted by molar-refractivity contribution is -0.156. The van der Waals surface area contributed by atoms with Crippen LogP contribution in [0.15, 0.2) is 0 Å². The Bertz CT molecular complexity index is 365. The summed E-state index contributed by atoms with van der Waals surface area (Å²) in [5.41, 5.74) is 0. The van der Waals surface area contributed by atoms with E-state index in [0.717, 1.165) is 0 Å². The molecule has 20 heavy (non-hydrogen) atoms. The Balaban J connectivity index is 0.00000361. The highest BCUT2D eigenvalue weighted by Crippen LogP contribution is 2.04. The van der Waals surface area contributed by atoms with Gasteiger partial charge in [0.1, 0.15) is 6.54 Å². The normalized spacial score (nSPS) is 16.8. The predicted molar refractivity (Wildman–Crippen MR) is 77.6 cm³/mol. The van der Waals surface area contributed by atoms with Gasteiger partial charge in [0.25, 0.3) is 0 Å². The minimum absolute atomic E-state index is 0.